The summed E-state index contributed by atoms with van der Waals surface area (Å²) in [4.78, 5) is 14.5. The van der Waals surface area contributed by atoms with Crippen molar-refractivity contribution in [3.63, 3.8) is 0 Å². The molecule has 0 rings (SSSR count). The van der Waals surface area contributed by atoms with Crippen LogP contribution in [0.1, 0.15) is 27.2 Å². The van der Waals surface area contributed by atoms with Gasteiger partial charge in [0, 0.05) is 6.42 Å². The molecular formula is C6H15NO2. The molecule has 0 spiro atoms. The van der Waals surface area contributed by atoms with Gasteiger partial charge in [-0.25, -0.2) is 5.48 Å². The van der Waals surface area contributed by atoms with Gasteiger partial charge in [0.15, 0.2) is 0 Å². The fraction of sp³-hybridized carbons (Fsp3) is 0.833. The van der Waals surface area contributed by atoms with Crippen LogP contribution in [0.4, 0.5) is 0 Å². The summed E-state index contributed by atoms with van der Waals surface area (Å²) in [6, 6.07) is 0. The lowest BCUT2D eigenvalue weighted by molar-refractivity contribution is -0.130. The summed E-state index contributed by atoms with van der Waals surface area (Å²) in [6.45, 7) is 5.76. The molecule has 56 valence electrons. The van der Waals surface area contributed by atoms with Crippen molar-refractivity contribution in [2.45, 2.75) is 27.2 Å². The lowest BCUT2D eigenvalue weighted by Gasteiger charge is -1.94. The van der Waals surface area contributed by atoms with Crippen LogP contribution in [0.15, 0.2) is 0 Å². The average molecular weight is 133 g/mol. The molecule has 0 aliphatic carbocycles. The Morgan fingerprint density at radius 2 is 2.00 bits per heavy atom. The van der Waals surface area contributed by atoms with Crippen molar-refractivity contribution in [1.82, 2.24) is 5.48 Å². The van der Waals surface area contributed by atoms with Crippen molar-refractivity contribution in [3.05, 3.63) is 0 Å². The molecule has 0 bridgehead atoms. The molecule has 0 aromatic rings. The van der Waals surface area contributed by atoms with Crippen LogP contribution in [-0.2, 0) is 9.63 Å². The minimum Gasteiger partial charge on any atom is -0.277 e. The molecule has 0 radical (unpaired) electrons. The van der Waals surface area contributed by atoms with Crippen molar-refractivity contribution in [3.8, 4) is 0 Å². The molecule has 3 nitrogen and oxygen atoms in total. The second-order valence-corrected chi connectivity index (χ2v) is 1.08. The van der Waals surface area contributed by atoms with Crippen LogP contribution in [0.25, 0.3) is 0 Å². The molecule has 0 saturated carbocycles. The highest BCUT2D eigenvalue weighted by Crippen LogP contribution is 1.71. The Morgan fingerprint density at radius 3 is 2.11 bits per heavy atom. The first-order valence-corrected chi connectivity index (χ1v) is 3.13. The maximum atomic E-state index is 10.2. The normalized spacial score (nSPS) is 7.11. The van der Waals surface area contributed by atoms with Gasteiger partial charge in [-0.1, -0.05) is 20.8 Å². The van der Waals surface area contributed by atoms with Crippen molar-refractivity contribution < 1.29 is 9.63 Å². The van der Waals surface area contributed by atoms with E-state index in [1.807, 2.05) is 13.8 Å². The Bertz CT molecular complexity index is 64.1. The third-order valence-electron chi connectivity index (χ3n) is 0.537. The second-order valence-electron chi connectivity index (χ2n) is 1.08. The van der Waals surface area contributed by atoms with Crippen molar-refractivity contribution >= 4 is 5.91 Å². The van der Waals surface area contributed by atoms with Gasteiger partial charge in [-0.05, 0) is 0 Å². The molecule has 0 aromatic carbocycles. The van der Waals surface area contributed by atoms with Crippen molar-refractivity contribution in [2.24, 2.45) is 0 Å². The molecule has 9 heavy (non-hydrogen) atoms. The van der Waals surface area contributed by atoms with Crippen LogP contribution in [0.2, 0.25) is 0 Å². The van der Waals surface area contributed by atoms with E-state index in [-0.39, 0.29) is 5.91 Å². The number of nitrogens with one attached hydrogen (secondary N) is 1. The molecule has 0 aromatic heterocycles. The molecule has 0 aliphatic rings. The lowest BCUT2D eigenvalue weighted by Crippen LogP contribution is -2.19. The molecule has 0 saturated heterocycles. The number of amides is 1. The number of carbonyl (C=O) groups excluding carboxylic acids is 1. The van der Waals surface area contributed by atoms with Crippen LogP contribution >= 0.6 is 0 Å². The number of carbonyl (C=O) groups is 1. The predicted molar refractivity (Wildman–Crippen MR) is 36.8 cm³/mol. The van der Waals surface area contributed by atoms with Gasteiger partial charge < -0.3 is 0 Å². The Hall–Kier alpha value is -0.570. The topological polar surface area (TPSA) is 38.3 Å². The van der Waals surface area contributed by atoms with Gasteiger partial charge in [0.25, 0.3) is 0 Å². The van der Waals surface area contributed by atoms with Crippen LogP contribution in [0.3, 0.4) is 0 Å². The SMILES string of the molecule is CC.CCC(=O)NOC. The highest BCUT2D eigenvalue weighted by Gasteiger charge is 1.89. The highest BCUT2D eigenvalue weighted by molar-refractivity contribution is 5.74. The predicted octanol–water partition coefficient (Wildman–Crippen LogP) is 1.10. The van der Waals surface area contributed by atoms with E-state index in [1.54, 1.807) is 6.92 Å². The Balaban J connectivity index is 0. The molecule has 1 amide bonds. The van der Waals surface area contributed by atoms with Gasteiger partial charge in [0.1, 0.15) is 0 Å². The lowest BCUT2D eigenvalue weighted by atomic mass is 10.5. The Labute approximate surface area is 56.3 Å². The van der Waals surface area contributed by atoms with Crippen molar-refractivity contribution in [2.75, 3.05) is 7.11 Å². The van der Waals surface area contributed by atoms with Crippen LogP contribution < -0.4 is 5.48 Å². The summed E-state index contributed by atoms with van der Waals surface area (Å²) in [7, 11) is 1.41. The molecule has 0 fully saturated rings. The summed E-state index contributed by atoms with van der Waals surface area (Å²) < 4.78 is 0. The first-order chi connectivity index (χ1) is 4.31. The van der Waals surface area contributed by atoms with E-state index in [9.17, 15) is 4.79 Å². The van der Waals surface area contributed by atoms with Gasteiger partial charge in [-0.2, -0.15) is 0 Å². The smallest absolute Gasteiger partial charge is 0.243 e. The second kappa shape index (κ2) is 10.4. The van der Waals surface area contributed by atoms with E-state index in [1.165, 1.54) is 7.11 Å². The van der Waals surface area contributed by atoms with E-state index >= 15 is 0 Å². The summed E-state index contributed by atoms with van der Waals surface area (Å²) >= 11 is 0. The molecular weight excluding hydrogens is 118 g/mol. The minimum atomic E-state index is -0.0949. The summed E-state index contributed by atoms with van der Waals surface area (Å²) in [5, 5.41) is 0. The van der Waals surface area contributed by atoms with Gasteiger partial charge in [-0.15, -0.1) is 0 Å². The van der Waals surface area contributed by atoms with Crippen LogP contribution in [0.5, 0.6) is 0 Å². The number of hydrogen-bond donors (Lipinski definition) is 1. The zero-order valence-electron chi connectivity index (χ0n) is 6.52. The third kappa shape index (κ3) is 11.2. The third-order valence-corrected chi connectivity index (χ3v) is 0.537. The quantitative estimate of drug-likeness (QED) is 0.573. The van der Waals surface area contributed by atoms with E-state index < -0.39 is 0 Å². The van der Waals surface area contributed by atoms with Crippen LogP contribution in [-0.4, -0.2) is 13.0 Å². The highest BCUT2D eigenvalue weighted by atomic mass is 16.6. The molecule has 3 heteroatoms. The molecule has 0 aliphatic heterocycles. The average Bonchev–Trinajstić information content (AvgIpc) is 1.93. The van der Waals surface area contributed by atoms with Gasteiger partial charge in [0.2, 0.25) is 5.91 Å². The molecule has 0 heterocycles. The van der Waals surface area contributed by atoms with E-state index in [0.717, 1.165) is 0 Å². The summed E-state index contributed by atoms with van der Waals surface area (Å²) in [5.74, 6) is -0.0949. The minimum absolute atomic E-state index is 0.0949. The zero-order valence-corrected chi connectivity index (χ0v) is 6.52. The number of hydrogen-bond acceptors (Lipinski definition) is 2. The van der Waals surface area contributed by atoms with E-state index in [0.29, 0.717) is 6.42 Å². The maximum Gasteiger partial charge on any atom is 0.243 e. The fourth-order valence-corrected chi connectivity index (χ4v) is 0.186. The van der Waals surface area contributed by atoms with Gasteiger partial charge in [-0.3, -0.25) is 9.63 Å². The standard InChI is InChI=1S/C4H9NO2.C2H6/c1-3-4(6)5-7-2;1-2/h3H2,1-2H3,(H,5,6);1-2H3. The van der Waals surface area contributed by atoms with Gasteiger partial charge in [0.05, 0.1) is 7.11 Å². The number of rotatable bonds is 2. The molecule has 0 atom stereocenters. The van der Waals surface area contributed by atoms with E-state index in [2.05, 4.69) is 10.3 Å². The van der Waals surface area contributed by atoms with E-state index in [4.69, 9.17) is 0 Å². The maximum absolute atomic E-state index is 10.2. The number of hydroxylamine groups is 1. The Morgan fingerprint density at radius 1 is 1.56 bits per heavy atom. The van der Waals surface area contributed by atoms with Gasteiger partial charge >= 0.3 is 0 Å². The van der Waals surface area contributed by atoms with Crippen molar-refractivity contribution in [1.29, 1.82) is 0 Å². The first-order valence-electron chi connectivity index (χ1n) is 3.13. The Kier molecular flexibility index (Phi) is 13.0. The molecule has 0 unspecified atom stereocenters. The zero-order chi connectivity index (χ0) is 7.70. The first kappa shape index (κ1) is 11.3. The summed E-state index contributed by atoms with van der Waals surface area (Å²) in [5.41, 5.74) is 2.16. The van der Waals surface area contributed by atoms with Crippen LogP contribution in [0, 0.1) is 0 Å². The molecule has 1 N–H and O–H groups in total. The monoisotopic (exact) mass is 133 g/mol. The largest absolute Gasteiger partial charge is 0.277 e. The summed E-state index contributed by atoms with van der Waals surface area (Å²) in [6.07, 6.45) is 0.466. The fourth-order valence-electron chi connectivity index (χ4n) is 0.186.